The van der Waals surface area contributed by atoms with E-state index in [0.29, 0.717) is 12.5 Å². The van der Waals surface area contributed by atoms with Crippen molar-refractivity contribution in [1.82, 2.24) is 4.90 Å². The Bertz CT molecular complexity index is 440. The van der Waals surface area contributed by atoms with Gasteiger partial charge in [-0.05, 0) is 56.0 Å². The van der Waals surface area contributed by atoms with Crippen LogP contribution in [0.15, 0.2) is 18.2 Å². The molecule has 1 aromatic rings. The zero-order valence-corrected chi connectivity index (χ0v) is 12.3. The van der Waals surface area contributed by atoms with Gasteiger partial charge in [0.15, 0.2) is 0 Å². The minimum atomic E-state index is -0.471. The lowest BCUT2D eigenvalue weighted by atomic mass is 9.86. The number of hydrogen-bond donors (Lipinski definition) is 1. The van der Waals surface area contributed by atoms with Crippen LogP contribution < -0.4 is 5.73 Å². The Morgan fingerprint density at radius 2 is 1.90 bits per heavy atom. The summed E-state index contributed by atoms with van der Waals surface area (Å²) >= 11 is 0. The number of nitrogens with zero attached hydrogens (tertiary/aromatic N) is 1. The van der Waals surface area contributed by atoms with E-state index in [2.05, 4.69) is 18.7 Å². The van der Waals surface area contributed by atoms with Gasteiger partial charge >= 0.3 is 0 Å². The molecule has 112 valence electrons. The quantitative estimate of drug-likeness (QED) is 0.918. The highest BCUT2D eigenvalue weighted by atomic mass is 19.1. The molecule has 20 heavy (non-hydrogen) atoms. The first-order valence-corrected chi connectivity index (χ1v) is 7.40. The van der Waals surface area contributed by atoms with E-state index in [0.717, 1.165) is 44.0 Å². The largest absolute Gasteiger partial charge is 0.323 e. The van der Waals surface area contributed by atoms with Gasteiger partial charge in [0, 0.05) is 18.2 Å². The first-order chi connectivity index (χ1) is 9.47. The predicted molar refractivity (Wildman–Crippen MR) is 77.3 cm³/mol. The van der Waals surface area contributed by atoms with E-state index < -0.39 is 17.7 Å². The van der Waals surface area contributed by atoms with Gasteiger partial charge in [-0.3, -0.25) is 0 Å². The van der Waals surface area contributed by atoms with Crippen molar-refractivity contribution in [2.45, 2.75) is 32.7 Å². The van der Waals surface area contributed by atoms with Gasteiger partial charge in [0.1, 0.15) is 11.6 Å². The molecule has 0 bridgehead atoms. The SMILES string of the molecule is CC(C)C1CCN(CC(N)c2cc(F)ccc2F)CC1. The van der Waals surface area contributed by atoms with Gasteiger partial charge in [-0.2, -0.15) is 0 Å². The molecule has 0 aromatic heterocycles. The molecule has 0 spiro atoms. The molecule has 0 aliphatic carbocycles. The van der Waals surface area contributed by atoms with Crippen LogP contribution in [0.1, 0.15) is 38.3 Å². The topological polar surface area (TPSA) is 29.3 Å². The van der Waals surface area contributed by atoms with Gasteiger partial charge < -0.3 is 10.6 Å². The van der Waals surface area contributed by atoms with Gasteiger partial charge in [-0.25, -0.2) is 8.78 Å². The zero-order valence-electron chi connectivity index (χ0n) is 12.3. The summed E-state index contributed by atoms with van der Waals surface area (Å²) in [4.78, 5) is 2.26. The zero-order chi connectivity index (χ0) is 14.7. The molecule has 2 rings (SSSR count). The van der Waals surface area contributed by atoms with Crippen molar-refractivity contribution in [2.24, 2.45) is 17.6 Å². The average Bonchev–Trinajstić information content (AvgIpc) is 2.42. The van der Waals surface area contributed by atoms with Gasteiger partial charge in [-0.1, -0.05) is 13.8 Å². The molecule has 2 N–H and O–H groups in total. The molecule has 1 atom stereocenters. The van der Waals surface area contributed by atoms with E-state index in [1.165, 1.54) is 6.07 Å². The highest BCUT2D eigenvalue weighted by Gasteiger charge is 2.23. The second-order valence-electron chi connectivity index (χ2n) is 6.15. The van der Waals surface area contributed by atoms with Crippen molar-refractivity contribution in [3.05, 3.63) is 35.4 Å². The lowest BCUT2D eigenvalue weighted by Gasteiger charge is -2.35. The fourth-order valence-electron chi connectivity index (χ4n) is 2.98. The number of benzene rings is 1. The molecule has 1 unspecified atom stereocenters. The van der Waals surface area contributed by atoms with Crippen molar-refractivity contribution >= 4 is 0 Å². The molecule has 0 saturated carbocycles. The summed E-state index contributed by atoms with van der Waals surface area (Å²) in [6.45, 7) is 7.09. The Labute approximate surface area is 120 Å². The molecule has 0 amide bonds. The maximum atomic E-state index is 13.7. The number of hydrogen-bond acceptors (Lipinski definition) is 2. The lowest BCUT2D eigenvalue weighted by molar-refractivity contribution is 0.150. The fraction of sp³-hybridized carbons (Fsp3) is 0.625. The molecule has 1 fully saturated rings. The standard InChI is InChI=1S/C16H24F2N2/c1-11(2)12-5-7-20(8-6-12)10-16(19)14-9-13(17)3-4-15(14)18/h3-4,9,11-12,16H,5-8,10,19H2,1-2H3. The minimum Gasteiger partial charge on any atom is -0.323 e. The summed E-state index contributed by atoms with van der Waals surface area (Å²) in [7, 11) is 0. The van der Waals surface area contributed by atoms with E-state index in [1.807, 2.05) is 0 Å². The predicted octanol–water partition coefficient (Wildman–Crippen LogP) is 3.33. The van der Waals surface area contributed by atoms with Crippen molar-refractivity contribution in [3.63, 3.8) is 0 Å². The van der Waals surface area contributed by atoms with Crippen LogP contribution in [-0.4, -0.2) is 24.5 Å². The summed E-state index contributed by atoms with van der Waals surface area (Å²) < 4.78 is 26.9. The summed E-state index contributed by atoms with van der Waals surface area (Å²) in [6, 6.07) is 3.01. The number of likely N-dealkylation sites (tertiary alicyclic amines) is 1. The molecule has 1 aromatic carbocycles. The van der Waals surface area contributed by atoms with Crippen LogP contribution in [-0.2, 0) is 0 Å². The van der Waals surface area contributed by atoms with Gasteiger partial charge in [0.2, 0.25) is 0 Å². The van der Waals surface area contributed by atoms with Crippen LogP contribution in [0, 0.1) is 23.5 Å². The Hall–Kier alpha value is -1.00. The number of piperidine rings is 1. The summed E-state index contributed by atoms with van der Waals surface area (Å²) in [5, 5.41) is 0. The Morgan fingerprint density at radius 3 is 2.50 bits per heavy atom. The third kappa shape index (κ3) is 3.76. The second kappa shape index (κ2) is 6.64. The lowest BCUT2D eigenvalue weighted by Crippen LogP contribution is -2.39. The van der Waals surface area contributed by atoms with Crippen molar-refractivity contribution in [2.75, 3.05) is 19.6 Å². The van der Waals surface area contributed by atoms with E-state index in [9.17, 15) is 8.78 Å². The summed E-state index contributed by atoms with van der Waals surface area (Å²) in [6.07, 6.45) is 2.33. The smallest absolute Gasteiger partial charge is 0.128 e. The number of rotatable bonds is 4. The molecule has 1 heterocycles. The maximum Gasteiger partial charge on any atom is 0.128 e. The molecular weight excluding hydrogens is 258 g/mol. The monoisotopic (exact) mass is 282 g/mol. The van der Waals surface area contributed by atoms with Crippen LogP contribution in [0.3, 0.4) is 0 Å². The minimum absolute atomic E-state index is 0.274. The molecule has 1 aliphatic heterocycles. The highest BCUT2D eigenvalue weighted by molar-refractivity contribution is 5.22. The van der Waals surface area contributed by atoms with E-state index in [1.54, 1.807) is 0 Å². The summed E-state index contributed by atoms with van der Waals surface area (Å²) in [5.41, 5.74) is 6.32. The third-order valence-corrected chi connectivity index (χ3v) is 4.39. The van der Waals surface area contributed by atoms with Crippen LogP contribution in [0.4, 0.5) is 8.78 Å². The van der Waals surface area contributed by atoms with Gasteiger partial charge in [0.25, 0.3) is 0 Å². The first-order valence-electron chi connectivity index (χ1n) is 7.40. The first kappa shape index (κ1) is 15.4. The summed E-state index contributed by atoms with van der Waals surface area (Å²) in [5.74, 6) is 0.631. The molecular formula is C16H24F2N2. The maximum absolute atomic E-state index is 13.7. The van der Waals surface area contributed by atoms with E-state index in [4.69, 9.17) is 5.73 Å². The highest BCUT2D eigenvalue weighted by Crippen LogP contribution is 2.26. The van der Waals surface area contributed by atoms with Crippen LogP contribution in [0.2, 0.25) is 0 Å². The van der Waals surface area contributed by atoms with E-state index in [-0.39, 0.29) is 5.56 Å². The molecule has 4 heteroatoms. The van der Waals surface area contributed by atoms with Crippen LogP contribution in [0.25, 0.3) is 0 Å². The second-order valence-corrected chi connectivity index (χ2v) is 6.15. The van der Waals surface area contributed by atoms with Crippen molar-refractivity contribution < 1.29 is 8.78 Å². The Kier molecular flexibility index (Phi) is 5.11. The van der Waals surface area contributed by atoms with Crippen LogP contribution >= 0.6 is 0 Å². The fourth-order valence-corrected chi connectivity index (χ4v) is 2.98. The Balaban J connectivity index is 1.92. The number of halogens is 2. The van der Waals surface area contributed by atoms with Crippen LogP contribution in [0.5, 0.6) is 0 Å². The molecule has 1 saturated heterocycles. The average molecular weight is 282 g/mol. The van der Waals surface area contributed by atoms with Crippen molar-refractivity contribution in [3.8, 4) is 0 Å². The Morgan fingerprint density at radius 1 is 1.25 bits per heavy atom. The molecule has 0 radical (unpaired) electrons. The third-order valence-electron chi connectivity index (χ3n) is 4.39. The molecule has 2 nitrogen and oxygen atoms in total. The molecule has 1 aliphatic rings. The van der Waals surface area contributed by atoms with Crippen molar-refractivity contribution in [1.29, 1.82) is 0 Å². The van der Waals surface area contributed by atoms with Gasteiger partial charge in [-0.15, -0.1) is 0 Å². The van der Waals surface area contributed by atoms with E-state index >= 15 is 0 Å². The van der Waals surface area contributed by atoms with Gasteiger partial charge in [0.05, 0.1) is 0 Å². The normalized spacial score (nSPS) is 19.5. The number of nitrogens with two attached hydrogens (primary N) is 1.